The summed E-state index contributed by atoms with van der Waals surface area (Å²) in [4.78, 5) is 0. The van der Waals surface area contributed by atoms with Gasteiger partial charge in [-0.25, -0.2) is 0 Å². The van der Waals surface area contributed by atoms with Crippen molar-refractivity contribution >= 4 is 24.8 Å². The van der Waals surface area contributed by atoms with Crippen LogP contribution in [-0.2, 0) is 23.2 Å². The summed E-state index contributed by atoms with van der Waals surface area (Å²) in [6.45, 7) is 14.4. The van der Waals surface area contributed by atoms with Crippen molar-refractivity contribution in [2.45, 2.75) is 80.1 Å². The van der Waals surface area contributed by atoms with Crippen molar-refractivity contribution in [1.82, 2.24) is 0 Å². The van der Waals surface area contributed by atoms with Gasteiger partial charge in [-0.15, -0.1) is 24.8 Å². The molecule has 0 bridgehead atoms. The molecule has 3 aliphatic carbocycles. The minimum absolute atomic E-state index is 0. The van der Waals surface area contributed by atoms with Crippen LogP contribution in [0.3, 0.4) is 0 Å². The molecule has 0 unspecified atom stereocenters. The first kappa shape index (κ1) is 23.5. The Balaban J connectivity index is 0.00000156. The smallest absolute Gasteiger partial charge is 0.147 e. The molecule has 0 N–H and O–H groups in total. The van der Waals surface area contributed by atoms with Crippen LogP contribution in [0, 0.1) is 10.8 Å². The second-order valence-electron chi connectivity index (χ2n) is 8.37. The van der Waals surface area contributed by atoms with Crippen LogP contribution >= 0.6 is 24.8 Å². The van der Waals surface area contributed by atoms with Crippen LogP contribution in [0.4, 0.5) is 0 Å². The van der Waals surface area contributed by atoms with E-state index >= 15 is 0 Å². The number of hydrogen-bond acceptors (Lipinski definition) is 0. The summed E-state index contributed by atoms with van der Waals surface area (Å²) >= 11 is -0.626. The van der Waals surface area contributed by atoms with Crippen molar-refractivity contribution in [2.75, 3.05) is 0 Å². The molecule has 0 spiro atoms. The molecule has 0 amide bonds. The minimum atomic E-state index is -0.626. The first-order chi connectivity index (χ1) is 10.8. The molecule has 1 saturated carbocycles. The summed E-state index contributed by atoms with van der Waals surface area (Å²) in [6, 6.07) is 0. The SMILES string of the molecule is CCC1(C2=CC[C]([Zr][C]3=C(C)C(C)=C(C)C3(C)C)=C2)CCCC1.Cl.Cl. The summed E-state index contributed by atoms with van der Waals surface area (Å²) < 4.78 is 3.64. The summed E-state index contributed by atoms with van der Waals surface area (Å²) in [5, 5.41) is 0. The second kappa shape index (κ2) is 8.62. The predicted octanol–water partition coefficient (Wildman–Crippen LogP) is 7.75. The molecule has 1 fully saturated rings. The van der Waals surface area contributed by atoms with Crippen molar-refractivity contribution in [3.63, 3.8) is 0 Å². The number of halogens is 2. The van der Waals surface area contributed by atoms with Gasteiger partial charge in [0.05, 0.1) is 0 Å². The molecule has 0 aromatic carbocycles. The van der Waals surface area contributed by atoms with Gasteiger partial charge in [0.1, 0.15) is 0 Å². The molecule has 0 radical (unpaired) electrons. The molecule has 0 aliphatic heterocycles. The van der Waals surface area contributed by atoms with E-state index in [0.717, 1.165) is 0 Å². The van der Waals surface area contributed by atoms with Gasteiger partial charge in [-0.3, -0.25) is 0 Å². The molecule has 0 saturated heterocycles. The van der Waals surface area contributed by atoms with Crippen LogP contribution in [0.25, 0.3) is 0 Å². The van der Waals surface area contributed by atoms with Crippen LogP contribution < -0.4 is 0 Å². The van der Waals surface area contributed by atoms with Gasteiger partial charge in [0.25, 0.3) is 0 Å². The van der Waals surface area contributed by atoms with Crippen molar-refractivity contribution in [3.05, 3.63) is 41.0 Å². The average molecular weight is 461 g/mol. The molecule has 3 rings (SSSR count). The van der Waals surface area contributed by atoms with Gasteiger partial charge >= 0.3 is 155 Å². The molecule has 25 heavy (non-hydrogen) atoms. The number of hydrogen-bond donors (Lipinski definition) is 0. The molecule has 0 nitrogen and oxygen atoms in total. The Morgan fingerprint density at radius 2 is 1.60 bits per heavy atom. The van der Waals surface area contributed by atoms with Crippen LogP contribution in [0.2, 0.25) is 0 Å². The van der Waals surface area contributed by atoms with Crippen molar-refractivity contribution < 1.29 is 23.2 Å². The van der Waals surface area contributed by atoms with Gasteiger partial charge in [-0.05, 0) is 0 Å². The number of rotatable bonds is 4. The average Bonchev–Trinajstić information content (AvgIpc) is 3.21. The molecule has 3 aliphatic rings. The summed E-state index contributed by atoms with van der Waals surface area (Å²) in [5.41, 5.74) is 7.37. The Kier molecular flexibility index (Phi) is 8.09. The topological polar surface area (TPSA) is 0 Å². The summed E-state index contributed by atoms with van der Waals surface area (Å²) in [5.74, 6) is 0. The van der Waals surface area contributed by atoms with E-state index in [1.54, 1.807) is 22.3 Å². The molecular formula is C22H34Cl2Zr. The first-order valence-corrected chi connectivity index (χ1v) is 11.9. The van der Waals surface area contributed by atoms with E-state index in [9.17, 15) is 0 Å². The third kappa shape index (κ3) is 4.00. The molecule has 0 aromatic heterocycles. The molecule has 3 heteroatoms. The van der Waals surface area contributed by atoms with E-state index in [1.165, 1.54) is 38.5 Å². The molecule has 0 aromatic rings. The monoisotopic (exact) mass is 458 g/mol. The van der Waals surface area contributed by atoms with Crippen molar-refractivity contribution in [1.29, 1.82) is 0 Å². The Hall–Kier alpha value is 0.423. The van der Waals surface area contributed by atoms with Gasteiger partial charge in [-0.2, -0.15) is 0 Å². The fourth-order valence-corrected chi connectivity index (χ4v) is 8.89. The van der Waals surface area contributed by atoms with Crippen LogP contribution in [0.5, 0.6) is 0 Å². The Bertz CT molecular complexity index is 641. The molecule has 0 atom stereocenters. The first-order valence-electron chi connectivity index (χ1n) is 9.40. The third-order valence-corrected chi connectivity index (χ3v) is 11.8. The van der Waals surface area contributed by atoms with Gasteiger partial charge in [0.15, 0.2) is 0 Å². The maximum absolute atomic E-state index is 2.65. The van der Waals surface area contributed by atoms with Gasteiger partial charge < -0.3 is 0 Å². The molecular weight excluding hydrogens is 426 g/mol. The maximum Gasteiger partial charge on any atom is -0.147 e. The maximum atomic E-state index is 2.65. The summed E-state index contributed by atoms with van der Waals surface area (Å²) in [6.07, 6.45) is 13.6. The van der Waals surface area contributed by atoms with Crippen molar-refractivity contribution in [2.24, 2.45) is 10.8 Å². The Labute approximate surface area is 179 Å². The molecule has 0 heterocycles. The zero-order chi connectivity index (χ0) is 16.8. The molecule has 140 valence electrons. The van der Waals surface area contributed by atoms with Gasteiger partial charge in [0, 0.05) is 0 Å². The number of allylic oxidation sites excluding steroid dienone is 8. The largest absolute Gasteiger partial charge is 0.147 e. The quantitative estimate of drug-likeness (QED) is 0.402. The third-order valence-electron chi connectivity index (χ3n) is 7.07. The normalized spacial score (nSPS) is 23.9. The van der Waals surface area contributed by atoms with Crippen LogP contribution in [-0.4, -0.2) is 0 Å². The Morgan fingerprint density at radius 3 is 2.08 bits per heavy atom. The van der Waals surface area contributed by atoms with E-state index in [4.69, 9.17) is 0 Å². The fraction of sp³-hybridized carbons (Fsp3) is 0.636. The summed E-state index contributed by atoms with van der Waals surface area (Å²) in [7, 11) is 0. The van der Waals surface area contributed by atoms with E-state index in [-0.39, 0.29) is 24.8 Å². The van der Waals surface area contributed by atoms with Crippen LogP contribution in [0.1, 0.15) is 80.1 Å². The van der Waals surface area contributed by atoms with Crippen LogP contribution in [0.15, 0.2) is 41.0 Å². The standard InChI is InChI=1S/C12H17.C10H15.2ClH.Zr/c1-2-12(9-5-6-10-12)11-7-3-4-8-11;1-7-6-10(4,5)9(3)8(7)2;;;/h7-8H,2-3,5-6,9-10H2,1H3;1-5H3;2*1H;. The second-order valence-corrected chi connectivity index (χ2v) is 11.8. The zero-order valence-corrected chi connectivity index (χ0v) is 20.8. The van der Waals surface area contributed by atoms with Crippen molar-refractivity contribution in [3.8, 4) is 0 Å². The Morgan fingerprint density at radius 1 is 1.00 bits per heavy atom. The van der Waals surface area contributed by atoms with E-state index in [0.29, 0.717) is 10.8 Å². The van der Waals surface area contributed by atoms with Gasteiger partial charge in [-0.1, -0.05) is 0 Å². The zero-order valence-electron chi connectivity index (χ0n) is 16.7. The minimum Gasteiger partial charge on any atom is -0.147 e. The fourth-order valence-electron chi connectivity index (χ4n) is 4.88. The van der Waals surface area contributed by atoms with E-state index in [1.807, 2.05) is 6.56 Å². The van der Waals surface area contributed by atoms with E-state index in [2.05, 4.69) is 53.7 Å². The van der Waals surface area contributed by atoms with Gasteiger partial charge in [0.2, 0.25) is 0 Å². The van der Waals surface area contributed by atoms with E-state index < -0.39 is 23.2 Å². The predicted molar refractivity (Wildman–Crippen MR) is 111 cm³/mol.